The van der Waals surface area contributed by atoms with E-state index in [9.17, 15) is 18.0 Å². The van der Waals surface area contributed by atoms with Gasteiger partial charge in [-0.2, -0.15) is 13.2 Å². The van der Waals surface area contributed by atoms with Crippen molar-refractivity contribution in [2.45, 2.75) is 44.9 Å². The maximum Gasteiger partial charge on any atom is 0.416 e. The van der Waals surface area contributed by atoms with Crippen LogP contribution in [0, 0.1) is 5.92 Å². The Morgan fingerprint density at radius 2 is 1.90 bits per heavy atom. The van der Waals surface area contributed by atoms with Crippen molar-refractivity contribution in [2.75, 3.05) is 29.4 Å². The van der Waals surface area contributed by atoms with E-state index in [1.165, 1.54) is 6.07 Å². The molecule has 7 heteroatoms. The predicted molar refractivity (Wildman–Crippen MR) is 116 cm³/mol. The molecule has 4 rings (SSSR count). The minimum atomic E-state index is -4.40. The van der Waals surface area contributed by atoms with Gasteiger partial charge in [0.2, 0.25) is 5.91 Å². The minimum absolute atomic E-state index is 0.0256. The smallest absolute Gasteiger partial charge is 0.368 e. The number of hydrogen-bond acceptors (Lipinski definition) is 3. The summed E-state index contributed by atoms with van der Waals surface area (Å²) in [5.74, 6) is -0.487. The zero-order valence-corrected chi connectivity index (χ0v) is 17.8. The molecule has 2 aliphatic heterocycles. The molecule has 0 unspecified atom stereocenters. The average molecular weight is 432 g/mol. The highest BCUT2D eigenvalue weighted by Gasteiger charge is 2.43. The van der Waals surface area contributed by atoms with Crippen LogP contribution in [0.15, 0.2) is 48.5 Å². The number of benzene rings is 2. The number of hydrogen-bond donors (Lipinski definition) is 1. The van der Waals surface area contributed by atoms with Gasteiger partial charge >= 0.3 is 6.18 Å². The Kier molecular flexibility index (Phi) is 5.86. The molecule has 2 aliphatic rings. The molecule has 1 saturated heterocycles. The Bertz CT molecular complexity index is 931. The van der Waals surface area contributed by atoms with Crippen molar-refractivity contribution in [1.82, 2.24) is 5.32 Å². The number of nitrogens with zero attached hydrogens (tertiary/aromatic N) is 2. The summed E-state index contributed by atoms with van der Waals surface area (Å²) in [5.41, 5.74) is 1.86. The summed E-state index contributed by atoms with van der Waals surface area (Å²) in [7, 11) is 0. The lowest BCUT2D eigenvalue weighted by molar-refractivity contribution is -0.137. The molecule has 0 spiro atoms. The van der Waals surface area contributed by atoms with Gasteiger partial charge in [-0.1, -0.05) is 25.1 Å². The van der Waals surface area contributed by atoms with Gasteiger partial charge in [-0.25, -0.2) is 0 Å². The van der Waals surface area contributed by atoms with Gasteiger partial charge < -0.3 is 15.1 Å². The van der Waals surface area contributed by atoms with Crippen molar-refractivity contribution in [3.8, 4) is 0 Å². The molecule has 4 nitrogen and oxygen atoms in total. The zero-order chi connectivity index (χ0) is 22.2. The number of amides is 1. The number of halogens is 3. The molecule has 3 atom stereocenters. The molecule has 1 fully saturated rings. The zero-order valence-electron chi connectivity index (χ0n) is 17.8. The molecule has 2 aromatic rings. The fraction of sp³-hybridized carbons (Fsp3) is 0.458. The number of anilines is 2. The summed E-state index contributed by atoms with van der Waals surface area (Å²) in [5, 5.41) is 3.06. The van der Waals surface area contributed by atoms with E-state index in [-0.39, 0.29) is 18.0 Å². The van der Waals surface area contributed by atoms with Crippen molar-refractivity contribution >= 4 is 17.3 Å². The third kappa shape index (κ3) is 4.36. The maximum atomic E-state index is 13.3. The number of rotatable bonds is 4. The molecule has 0 aromatic heterocycles. The number of piperazine rings is 1. The van der Waals surface area contributed by atoms with Gasteiger partial charge in [-0.15, -0.1) is 0 Å². The quantitative estimate of drug-likeness (QED) is 0.775. The average Bonchev–Trinajstić information content (AvgIpc) is 2.77. The largest absolute Gasteiger partial charge is 0.416 e. The van der Waals surface area contributed by atoms with Crippen molar-refractivity contribution in [2.24, 2.45) is 5.92 Å². The Balaban J connectivity index is 1.68. The van der Waals surface area contributed by atoms with Gasteiger partial charge in [0.05, 0.1) is 17.5 Å². The molecule has 0 saturated carbocycles. The van der Waals surface area contributed by atoms with E-state index in [1.54, 1.807) is 6.07 Å². The molecule has 1 amide bonds. The normalized spacial score (nSPS) is 21.8. The molecule has 2 heterocycles. The molecular formula is C24H28F3N3O. The fourth-order valence-corrected chi connectivity index (χ4v) is 4.62. The molecule has 0 bridgehead atoms. The second-order valence-corrected chi connectivity index (χ2v) is 8.51. The standard InChI is InChI=1S/C24H28F3N3O/c1-3-16(2)28-23(31)20-14-17-13-18(24(25,26)27)9-10-21(17)30-12-11-29(15-22(20)30)19-7-5-4-6-8-19/h4-10,13,16,20,22H,3,11-12,14-15H2,1-2H3,(H,28,31)/t16-,20-,22-/m1/s1. The van der Waals surface area contributed by atoms with E-state index in [2.05, 4.69) is 27.2 Å². The summed E-state index contributed by atoms with van der Waals surface area (Å²) in [6.45, 7) is 6.01. The van der Waals surface area contributed by atoms with Crippen LogP contribution in [0.5, 0.6) is 0 Å². The number of para-hydroxylation sites is 1. The van der Waals surface area contributed by atoms with E-state index in [1.807, 2.05) is 32.0 Å². The lowest BCUT2D eigenvalue weighted by atomic mass is 9.82. The lowest BCUT2D eigenvalue weighted by Gasteiger charge is -2.50. The van der Waals surface area contributed by atoms with E-state index in [0.717, 1.165) is 30.4 Å². The van der Waals surface area contributed by atoms with Gasteiger partial charge in [-0.3, -0.25) is 4.79 Å². The van der Waals surface area contributed by atoms with Crippen LogP contribution < -0.4 is 15.1 Å². The van der Waals surface area contributed by atoms with Crippen LogP contribution >= 0.6 is 0 Å². The highest BCUT2D eigenvalue weighted by atomic mass is 19.4. The summed E-state index contributed by atoms with van der Waals surface area (Å²) >= 11 is 0. The van der Waals surface area contributed by atoms with Crippen LogP contribution in [0.2, 0.25) is 0 Å². The summed E-state index contributed by atoms with van der Waals surface area (Å²) in [4.78, 5) is 17.6. The first kappa shape index (κ1) is 21.5. The molecular weight excluding hydrogens is 403 g/mol. The van der Waals surface area contributed by atoms with Crippen molar-refractivity contribution in [3.05, 3.63) is 59.7 Å². The Labute approximate surface area is 181 Å². The van der Waals surface area contributed by atoms with Crippen LogP contribution in [-0.2, 0) is 17.4 Å². The van der Waals surface area contributed by atoms with Crippen LogP contribution in [0.4, 0.5) is 24.5 Å². The molecule has 1 N–H and O–H groups in total. The topological polar surface area (TPSA) is 35.6 Å². The number of alkyl halides is 3. The number of carbonyl (C=O) groups is 1. The number of carbonyl (C=O) groups excluding carboxylic acids is 1. The first-order valence-electron chi connectivity index (χ1n) is 10.8. The summed E-state index contributed by atoms with van der Waals surface area (Å²) in [6.07, 6.45) is -3.28. The van der Waals surface area contributed by atoms with Gasteiger partial charge in [0.15, 0.2) is 0 Å². The molecule has 0 aliphatic carbocycles. The fourth-order valence-electron chi connectivity index (χ4n) is 4.62. The monoisotopic (exact) mass is 431 g/mol. The number of nitrogens with one attached hydrogen (secondary N) is 1. The van der Waals surface area contributed by atoms with Gasteiger partial charge in [0.25, 0.3) is 0 Å². The Hall–Kier alpha value is -2.70. The summed E-state index contributed by atoms with van der Waals surface area (Å²) in [6, 6.07) is 13.9. The minimum Gasteiger partial charge on any atom is -0.368 e. The second kappa shape index (κ2) is 8.44. The summed E-state index contributed by atoms with van der Waals surface area (Å²) < 4.78 is 39.9. The van der Waals surface area contributed by atoms with E-state index in [4.69, 9.17) is 0 Å². The molecule has 166 valence electrons. The van der Waals surface area contributed by atoms with Crippen molar-refractivity contribution in [1.29, 1.82) is 0 Å². The van der Waals surface area contributed by atoms with Crippen molar-refractivity contribution < 1.29 is 18.0 Å². The first-order chi connectivity index (χ1) is 14.8. The van der Waals surface area contributed by atoms with Crippen LogP contribution in [0.25, 0.3) is 0 Å². The highest BCUT2D eigenvalue weighted by molar-refractivity contribution is 5.82. The predicted octanol–water partition coefficient (Wildman–Crippen LogP) is 4.49. The molecule has 2 aromatic carbocycles. The highest BCUT2D eigenvalue weighted by Crippen LogP contribution is 2.40. The third-order valence-electron chi connectivity index (χ3n) is 6.50. The second-order valence-electron chi connectivity index (χ2n) is 8.51. The first-order valence-corrected chi connectivity index (χ1v) is 10.8. The number of fused-ring (bicyclic) bond motifs is 3. The van der Waals surface area contributed by atoms with Crippen LogP contribution in [0.3, 0.4) is 0 Å². The van der Waals surface area contributed by atoms with Gasteiger partial charge in [0, 0.05) is 37.1 Å². The third-order valence-corrected chi connectivity index (χ3v) is 6.50. The molecule has 31 heavy (non-hydrogen) atoms. The Morgan fingerprint density at radius 1 is 1.16 bits per heavy atom. The van der Waals surface area contributed by atoms with E-state index in [0.29, 0.717) is 25.1 Å². The van der Waals surface area contributed by atoms with E-state index >= 15 is 0 Å². The Morgan fingerprint density at radius 3 is 2.58 bits per heavy atom. The van der Waals surface area contributed by atoms with Crippen LogP contribution in [0.1, 0.15) is 31.4 Å². The lowest BCUT2D eigenvalue weighted by Crippen LogP contribution is -2.61. The molecule has 0 radical (unpaired) electrons. The maximum absolute atomic E-state index is 13.3. The van der Waals surface area contributed by atoms with E-state index < -0.39 is 17.7 Å². The van der Waals surface area contributed by atoms with Crippen molar-refractivity contribution in [3.63, 3.8) is 0 Å². The van der Waals surface area contributed by atoms with Gasteiger partial charge in [0.1, 0.15) is 0 Å². The SMILES string of the molecule is CC[C@@H](C)NC(=O)[C@@H]1Cc2cc(C(F)(F)F)ccc2N2CCN(c3ccccc3)C[C@H]12. The van der Waals surface area contributed by atoms with Crippen LogP contribution in [-0.4, -0.2) is 37.6 Å². The van der Waals surface area contributed by atoms with Gasteiger partial charge in [-0.05, 0) is 55.7 Å².